The topological polar surface area (TPSA) is 145 Å². The van der Waals surface area contributed by atoms with Crippen molar-refractivity contribution in [2.75, 3.05) is 14.2 Å². The van der Waals surface area contributed by atoms with Crippen molar-refractivity contribution in [1.29, 1.82) is 0 Å². The molecule has 4 N–H and O–H groups in total. The highest BCUT2D eigenvalue weighted by molar-refractivity contribution is 7.61. The molecule has 0 saturated carbocycles. The normalized spacial score (nSPS) is 17.2. The zero-order valence-corrected chi connectivity index (χ0v) is 10.4. The number of phosphoric ester groups is 2. The Hall–Kier alpha value is -0.530. The van der Waals surface area contributed by atoms with Crippen molar-refractivity contribution in [3.63, 3.8) is 0 Å². The van der Waals surface area contributed by atoms with Crippen LogP contribution in [0.2, 0.25) is 0 Å². The number of hydrogen-bond acceptors (Lipinski definition) is 6. The molecule has 11 heteroatoms. The number of nitrogens with two attached hydrogens (primary N) is 1. The number of primary amides is 1. The predicted molar refractivity (Wildman–Crippen MR) is 54.1 cm³/mol. The maximum atomic E-state index is 10.5. The van der Waals surface area contributed by atoms with Gasteiger partial charge in [0.1, 0.15) is 0 Å². The van der Waals surface area contributed by atoms with Gasteiger partial charge in [-0.3, -0.25) is 13.8 Å². The van der Waals surface area contributed by atoms with Gasteiger partial charge in [0.25, 0.3) is 0 Å². The molecule has 0 fully saturated rings. The Labute approximate surface area is 92.0 Å². The van der Waals surface area contributed by atoms with Crippen LogP contribution >= 0.6 is 15.6 Å². The molecule has 0 aromatic carbocycles. The largest absolute Gasteiger partial charge is 0.480 e. The lowest BCUT2D eigenvalue weighted by molar-refractivity contribution is -0.113. The third kappa shape index (κ3) is 11.5. The molecule has 0 rings (SSSR count). The number of phosphoric acid groups is 2. The standard InChI is InChI=1S/C3H5NO.C2H8O7P2/c1-2-3(4)5;1-7-10(3,4)9-11(5,6)8-2/h2H,1H2,(H2,4,5);1-2H3,(H,3,4)(H,5,6). The van der Waals surface area contributed by atoms with E-state index in [4.69, 9.17) is 9.79 Å². The predicted octanol–water partition coefficient (Wildman–Crippen LogP) is 0.154. The zero-order chi connectivity index (χ0) is 13.4. The van der Waals surface area contributed by atoms with Crippen LogP contribution in [0.5, 0.6) is 0 Å². The molecule has 0 aromatic rings. The van der Waals surface area contributed by atoms with Gasteiger partial charge in [0.15, 0.2) is 0 Å². The highest BCUT2D eigenvalue weighted by Crippen LogP contribution is 2.59. The van der Waals surface area contributed by atoms with Gasteiger partial charge in [-0.25, -0.2) is 9.13 Å². The average molecular weight is 277 g/mol. The average Bonchev–Trinajstić information content (AvgIpc) is 2.17. The molecule has 0 saturated heterocycles. The molecule has 16 heavy (non-hydrogen) atoms. The SMILES string of the molecule is C=CC(N)=O.COP(=O)(O)OP(=O)(O)OC. The molecule has 1 amide bonds. The highest BCUT2D eigenvalue weighted by atomic mass is 31.3. The second kappa shape index (κ2) is 7.70. The summed E-state index contributed by atoms with van der Waals surface area (Å²) >= 11 is 0. The van der Waals surface area contributed by atoms with Gasteiger partial charge in [0, 0.05) is 14.2 Å². The summed E-state index contributed by atoms with van der Waals surface area (Å²) in [5, 5.41) is 0. The molecule has 96 valence electrons. The fourth-order valence-corrected chi connectivity index (χ4v) is 1.77. The molecule has 0 radical (unpaired) electrons. The Morgan fingerprint density at radius 1 is 1.25 bits per heavy atom. The fraction of sp³-hybridized carbons (Fsp3) is 0.400. The summed E-state index contributed by atoms with van der Waals surface area (Å²) < 4.78 is 32.3. The smallest absolute Gasteiger partial charge is 0.366 e. The molecule has 0 aliphatic heterocycles. The van der Waals surface area contributed by atoms with Crippen LogP contribution in [0.4, 0.5) is 0 Å². The van der Waals surface area contributed by atoms with Crippen molar-refractivity contribution in [3.05, 3.63) is 12.7 Å². The maximum Gasteiger partial charge on any atom is 0.480 e. The second-order valence-corrected chi connectivity index (χ2v) is 5.25. The van der Waals surface area contributed by atoms with Crippen molar-refractivity contribution < 1.29 is 37.1 Å². The van der Waals surface area contributed by atoms with E-state index >= 15 is 0 Å². The minimum absolute atomic E-state index is 0.481. The Morgan fingerprint density at radius 2 is 1.50 bits per heavy atom. The maximum absolute atomic E-state index is 10.5. The molecular weight excluding hydrogens is 264 g/mol. The van der Waals surface area contributed by atoms with E-state index in [0.717, 1.165) is 20.3 Å². The van der Waals surface area contributed by atoms with Crippen molar-refractivity contribution in [1.82, 2.24) is 0 Å². The first-order chi connectivity index (χ1) is 7.10. The van der Waals surface area contributed by atoms with E-state index in [9.17, 15) is 13.9 Å². The zero-order valence-electron chi connectivity index (χ0n) is 8.60. The van der Waals surface area contributed by atoms with Crippen LogP contribution < -0.4 is 5.73 Å². The van der Waals surface area contributed by atoms with E-state index in [1.807, 2.05) is 0 Å². The van der Waals surface area contributed by atoms with Crippen LogP contribution in [-0.2, 0) is 27.3 Å². The lowest BCUT2D eigenvalue weighted by Gasteiger charge is -2.11. The minimum Gasteiger partial charge on any atom is -0.366 e. The van der Waals surface area contributed by atoms with Crippen LogP contribution in [-0.4, -0.2) is 29.9 Å². The summed E-state index contributed by atoms with van der Waals surface area (Å²) in [5.74, 6) is -0.481. The Kier molecular flexibility index (Phi) is 8.59. The molecule has 0 heterocycles. The first-order valence-electron chi connectivity index (χ1n) is 3.50. The highest BCUT2D eigenvalue weighted by Gasteiger charge is 2.32. The number of rotatable bonds is 5. The monoisotopic (exact) mass is 277 g/mol. The van der Waals surface area contributed by atoms with Gasteiger partial charge in [0.05, 0.1) is 0 Å². The lowest BCUT2D eigenvalue weighted by atomic mass is 10.6. The Balaban J connectivity index is 0. The fourth-order valence-electron chi connectivity index (χ4n) is 0.197. The molecule has 0 aromatic heterocycles. The van der Waals surface area contributed by atoms with Crippen LogP contribution in [0.15, 0.2) is 12.7 Å². The van der Waals surface area contributed by atoms with E-state index < -0.39 is 21.6 Å². The van der Waals surface area contributed by atoms with Gasteiger partial charge in [-0.2, -0.15) is 4.31 Å². The molecule has 0 spiro atoms. The minimum atomic E-state index is -4.45. The Bertz CT molecular complexity index is 306. The molecular formula is C5H13NO8P2. The second-order valence-electron chi connectivity index (χ2n) is 1.99. The third-order valence-electron chi connectivity index (χ3n) is 0.869. The van der Waals surface area contributed by atoms with Crippen molar-refractivity contribution in [2.24, 2.45) is 5.73 Å². The molecule has 0 bridgehead atoms. The van der Waals surface area contributed by atoms with Crippen molar-refractivity contribution in [3.8, 4) is 0 Å². The van der Waals surface area contributed by atoms with Gasteiger partial charge in [0.2, 0.25) is 5.91 Å². The molecule has 0 aliphatic carbocycles. The number of carbonyl (C=O) groups is 1. The van der Waals surface area contributed by atoms with Crippen LogP contribution in [0.1, 0.15) is 0 Å². The van der Waals surface area contributed by atoms with Crippen LogP contribution in [0, 0.1) is 0 Å². The Morgan fingerprint density at radius 3 is 1.62 bits per heavy atom. The summed E-state index contributed by atoms with van der Waals surface area (Å²) in [6.45, 7) is 3.09. The molecule has 0 aliphatic rings. The van der Waals surface area contributed by atoms with Gasteiger partial charge in [-0.05, 0) is 6.08 Å². The summed E-state index contributed by atoms with van der Waals surface area (Å²) in [7, 11) is -7.18. The van der Waals surface area contributed by atoms with E-state index in [-0.39, 0.29) is 0 Å². The van der Waals surface area contributed by atoms with Crippen molar-refractivity contribution in [2.45, 2.75) is 0 Å². The van der Waals surface area contributed by atoms with E-state index in [0.29, 0.717) is 0 Å². The molecule has 9 nitrogen and oxygen atoms in total. The number of carbonyl (C=O) groups excluding carboxylic acids is 1. The summed E-state index contributed by atoms with van der Waals surface area (Å²) in [6, 6.07) is 0. The summed E-state index contributed by atoms with van der Waals surface area (Å²) in [6.07, 6.45) is 1.06. The van der Waals surface area contributed by atoms with E-state index in [1.54, 1.807) is 0 Å². The molecule has 2 unspecified atom stereocenters. The van der Waals surface area contributed by atoms with Crippen molar-refractivity contribution >= 4 is 21.6 Å². The van der Waals surface area contributed by atoms with Crippen LogP contribution in [0.25, 0.3) is 0 Å². The van der Waals surface area contributed by atoms with Gasteiger partial charge in [-0.15, -0.1) is 0 Å². The van der Waals surface area contributed by atoms with Gasteiger partial charge < -0.3 is 15.5 Å². The summed E-state index contributed by atoms with van der Waals surface area (Å²) in [4.78, 5) is 26.4. The first-order valence-corrected chi connectivity index (χ1v) is 6.49. The third-order valence-corrected chi connectivity index (χ3v) is 3.44. The summed E-state index contributed by atoms with van der Waals surface area (Å²) in [5.41, 5.74) is 4.53. The lowest BCUT2D eigenvalue weighted by Crippen LogP contribution is -2.04. The van der Waals surface area contributed by atoms with Gasteiger partial charge >= 0.3 is 15.6 Å². The van der Waals surface area contributed by atoms with Crippen LogP contribution in [0.3, 0.4) is 0 Å². The van der Waals surface area contributed by atoms with E-state index in [2.05, 4.69) is 25.7 Å². The number of hydrogen-bond donors (Lipinski definition) is 3. The molecule has 2 atom stereocenters. The first kappa shape index (κ1) is 17.9. The number of amides is 1. The van der Waals surface area contributed by atoms with E-state index in [1.165, 1.54) is 0 Å². The van der Waals surface area contributed by atoms with Gasteiger partial charge in [-0.1, -0.05) is 6.58 Å². The quantitative estimate of drug-likeness (QED) is 0.475.